The molecule has 3 aromatic heterocycles. The van der Waals surface area contributed by atoms with Gasteiger partial charge >= 0.3 is 5.97 Å². The Bertz CT molecular complexity index is 1540. The van der Waals surface area contributed by atoms with Gasteiger partial charge in [-0.15, -0.1) is 0 Å². The molecule has 12 N–H and O–H groups in total. The van der Waals surface area contributed by atoms with Crippen LogP contribution in [-0.4, -0.2) is 87.4 Å². The van der Waals surface area contributed by atoms with Crippen molar-refractivity contribution in [3.63, 3.8) is 0 Å². The molecule has 0 aromatic carbocycles. The number of hydrogen-bond donors (Lipinski definition) is 9. The van der Waals surface area contributed by atoms with E-state index in [1.807, 2.05) is 0 Å². The molecule has 0 fully saturated rings. The predicted molar refractivity (Wildman–Crippen MR) is 157 cm³/mol. The number of aliphatic carboxylic acids is 1. The van der Waals surface area contributed by atoms with E-state index >= 15 is 0 Å². The van der Waals surface area contributed by atoms with E-state index < -0.39 is 40.1 Å². The van der Waals surface area contributed by atoms with Crippen LogP contribution in [0.25, 0.3) is 0 Å². The van der Waals surface area contributed by atoms with E-state index in [0.29, 0.717) is 13.0 Å². The minimum atomic E-state index is -1.14. The second-order valence-corrected chi connectivity index (χ2v) is 9.46. The molecule has 3 rings (SSSR count). The van der Waals surface area contributed by atoms with Crippen molar-refractivity contribution >= 4 is 11.8 Å². The fraction of sp³-hybridized carbons (Fsp3) is 0.370. The zero-order chi connectivity index (χ0) is 33.4. The van der Waals surface area contributed by atoms with Crippen LogP contribution in [0.1, 0.15) is 12.8 Å². The lowest BCUT2D eigenvalue weighted by molar-refractivity contribution is -0.138. The first kappa shape index (κ1) is 37.2. The number of Topliss-reactive ketones (excluding diaryl/α,β-unsaturated/α-hetero) is 1. The number of carboxylic acids is 1. The second-order valence-electron chi connectivity index (χ2n) is 9.46. The number of ketones is 1. The van der Waals surface area contributed by atoms with Gasteiger partial charge in [0, 0.05) is 94.1 Å². The summed E-state index contributed by atoms with van der Waals surface area (Å²) in [4.78, 5) is 54.4. The molecule has 0 bridgehead atoms. The van der Waals surface area contributed by atoms with Crippen LogP contribution < -0.4 is 33.5 Å². The summed E-state index contributed by atoms with van der Waals surface area (Å²) in [7, 11) is 0. The summed E-state index contributed by atoms with van der Waals surface area (Å²) in [6, 6.07) is 1.45. The van der Waals surface area contributed by atoms with Gasteiger partial charge in [-0.1, -0.05) is 0 Å². The van der Waals surface area contributed by atoms with Gasteiger partial charge in [-0.25, -0.2) is 0 Å². The fourth-order valence-corrected chi connectivity index (χ4v) is 3.28. The SMILES string of the molecule is N[C@@H](Cn1ccc(=O)c(O)c1)C(=O)CCCO.N[C@@H](Cn1ccc(=O)c(O)c1)C(=O)O.N[C@H](CO)Cn1ccc(=O)c(O)c1. The number of hydrogen-bond acceptors (Lipinski definition) is 13. The molecule has 17 heteroatoms. The molecule has 242 valence electrons. The van der Waals surface area contributed by atoms with E-state index in [2.05, 4.69) is 0 Å². The Balaban J connectivity index is 0.000000333. The van der Waals surface area contributed by atoms with Crippen molar-refractivity contribution in [3.05, 3.63) is 86.1 Å². The summed E-state index contributed by atoms with van der Waals surface area (Å²) in [6.45, 7) is 0.385. The average molecular weight is 623 g/mol. The van der Waals surface area contributed by atoms with Gasteiger partial charge in [0.2, 0.25) is 16.3 Å². The smallest absolute Gasteiger partial charge is 0.322 e. The van der Waals surface area contributed by atoms with Crippen LogP contribution in [0.15, 0.2) is 69.8 Å². The van der Waals surface area contributed by atoms with E-state index in [9.17, 15) is 29.1 Å². The highest BCUT2D eigenvalue weighted by Gasteiger charge is 2.14. The largest absolute Gasteiger partial charge is 0.503 e. The molecule has 0 amide bonds. The van der Waals surface area contributed by atoms with Crippen LogP contribution >= 0.6 is 0 Å². The molecule has 0 aliphatic heterocycles. The van der Waals surface area contributed by atoms with Crippen LogP contribution in [0.5, 0.6) is 17.2 Å². The highest BCUT2D eigenvalue weighted by Crippen LogP contribution is 2.03. The molecule has 0 unspecified atom stereocenters. The Morgan fingerprint density at radius 1 is 0.682 bits per heavy atom. The highest BCUT2D eigenvalue weighted by molar-refractivity contribution is 5.83. The Morgan fingerprint density at radius 2 is 1.07 bits per heavy atom. The Morgan fingerprint density at radius 3 is 1.41 bits per heavy atom. The van der Waals surface area contributed by atoms with Gasteiger partial charge in [0.25, 0.3) is 0 Å². The van der Waals surface area contributed by atoms with E-state index in [4.69, 9.17) is 42.7 Å². The quantitative estimate of drug-likeness (QED) is 0.0976. The zero-order valence-corrected chi connectivity index (χ0v) is 23.7. The van der Waals surface area contributed by atoms with Crippen molar-refractivity contribution in [2.75, 3.05) is 13.2 Å². The molecule has 17 nitrogen and oxygen atoms in total. The molecule has 44 heavy (non-hydrogen) atoms. The van der Waals surface area contributed by atoms with Crippen molar-refractivity contribution < 1.29 is 40.2 Å². The van der Waals surface area contributed by atoms with E-state index in [0.717, 1.165) is 12.3 Å². The van der Waals surface area contributed by atoms with Gasteiger partial charge in [0.15, 0.2) is 23.0 Å². The summed E-state index contributed by atoms with van der Waals surface area (Å²) < 4.78 is 4.38. The van der Waals surface area contributed by atoms with Crippen molar-refractivity contribution in [1.82, 2.24) is 13.7 Å². The van der Waals surface area contributed by atoms with Crippen LogP contribution in [0, 0.1) is 0 Å². The number of aromatic nitrogens is 3. The summed E-state index contributed by atoms with van der Waals surface area (Å²) in [5.74, 6) is -2.40. The monoisotopic (exact) mass is 622 g/mol. The third-order valence-corrected chi connectivity index (χ3v) is 5.68. The average Bonchev–Trinajstić information content (AvgIpc) is 2.98. The van der Waals surface area contributed by atoms with Gasteiger partial charge in [0.05, 0.1) is 12.6 Å². The molecule has 0 saturated carbocycles. The van der Waals surface area contributed by atoms with Crippen molar-refractivity contribution in [2.45, 2.75) is 50.6 Å². The lowest BCUT2D eigenvalue weighted by Crippen LogP contribution is -2.35. The van der Waals surface area contributed by atoms with Gasteiger partial charge in [-0.2, -0.15) is 0 Å². The Kier molecular flexibility index (Phi) is 15.8. The molecule has 0 saturated heterocycles. The number of carbonyl (C=O) groups is 2. The number of nitrogens with two attached hydrogens (primary N) is 3. The van der Waals surface area contributed by atoms with E-state index in [-0.39, 0.29) is 56.0 Å². The van der Waals surface area contributed by atoms with Gasteiger partial charge in [-0.3, -0.25) is 24.0 Å². The number of carbonyl (C=O) groups excluding carboxylic acids is 1. The molecular weight excluding hydrogens is 584 g/mol. The molecule has 0 radical (unpaired) electrons. The minimum absolute atomic E-state index is 0.00315. The van der Waals surface area contributed by atoms with Crippen molar-refractivity contribution in [3.8, 4) is 17.2 Å². The van der Waals surface area contributed by atoms with Gasteiger partial charge in [-0.05, 0) is 6.42 Å². The maximum atomic E-state index is 11.5. The third-order valence-electron chi connectivity index (χ3n) is 5.68. The first-order valence-electron chi connectivity index (χ1n) is 13.1. The topological polar surface area (TPSA) is 300 Å². The first-order chi connectivity index (χ1) is 20.7. The molecule has 3 aromatic rings. The summed E-state index contributed by atoms with van der Waals surface area (Å²) in [5, 5.41) is 53.0. The summed E-state index contributed by atoms with van der Waals surface area (Å²) >= 11 is 0. The van der Waals surface area contributed by atoms with Gasteiger partial charge in [0.1, 0.15) is 6.04 Å². The normalized spacial score (nSPS) is 12.5. The summed E-state index contributed by atoms with van der Waals surface area (Å²) in [5.41, 5.74) is 15.0. The van der Waals surface area contributed by atoms with Crippen LogP contribution in [0.3, 0.4) is 0 Å². The zero-order valence-electron chi connectivity index (χ0n) is 23.7. The molecule has 3 atom stereocenters. The molecule has 0 aliphatic carbocycles. The predicted octanol–water partition coefficient (Wildman–Crippen LogP) is -2.94. The van der Waals surface area contributed by atoms with E-state index in [1.165, 1.54) is 52.3 Å². The Hall–Kier alpha value is -4.81. The minimum Gasteiger partial charge on any atom is -0.503 e. The number of rotatable bonds is 12. The first-order valence-corrected chi connectivity index (χ1v) is 13.1. The van der Waals surface area contributed by atoms with Crippen LogP contribution in [0.4, 0.5) is 0 Å². The molecule has 3 heterocycles. The second kappa shape index (κ2) is 18.7. The molecular formula is C27H38N6O11. The molecule has 0 spiro atoms. The van der Waals surface area contributed by atoms with Crippen LogP contribution in [-0.2, 0) is 29.2 Å². The van der Waals surface area contributed by atoms with Crippen molar-refractivity contribution in [2.24, 2.45) is 17.2 Å². The Labute approximate surface area is 250 Å². The molecule has 0 aliphatic rings. The lowest BCUT2D eigenvalue weighted by atomic mass is 10.1. The number of aromatic hydroxyl groups is 3. The van der Waals surface area contributed by atoms with Crippen LogP contribution in [0.2, 0.25) is 0 Å². The third kappa shape index (κ3) is 13.4. The van der Waals surface area contributed by atoms with Gasteiger partial charge < -0.3 is 61.5 Å². The number of nitrogens with zero attached hydrogens (tertiary/aromatic N) is 3. The van der Waals surface area contributed by atoms with Crippen molar-refractivity contribution in [1.29, 1.82) is 0 Å². The number of aliphatic hydroxyl groups is 2. The fourth-order valence-electron chi connectivity index (χ4n) is 3.28. The number of aliphatic hydroxyl groups excluding tert-OH is 2. The lowest BCUT2D eigenvalue weighted by Gasteiger charge is -2.12. The highest BCUT2D eigenvalue weighted by atomic mass is 16.4. The maximum Gasteiger partial charge on any atom is 0.322 e. The summed E-state index contributed by atoms with van der Waals surface area (Å²) in [6.07, 6.45) is 8.62. The maximum absolute atomic E-state index is 11.5. The number of pyridine rings is 3. The standard InChI is InChI=1S/C11H16N2O4.C8H10N2O4.C8H12N2O3/c12-8(9(15)2-1-5-14)6-13-4-3-10(16)11(17)7-13;9-5(8(13)14)3-10-2-1-6(11)7(12)4-10;9-6(5-11)3-10-2-1-7(12)8(13)4-10/h3-4,7-8,14,17H,1-2,5-6,12H2;1-2,4-5,12H,3,9H2,(H,13,14);1-2,4,6,11,13H,3,5,9H2/t8-;5-;6-/m000/s1. The van der Waals surface area contributed by atoms with E-state index in [1.54, 1.807) is 4.57 Å². The number of carboxylic acid groups (broad SMARTS) is 1.